The van der Waals surface area contributed by atoms with E-state index in [9.17, 15) is 0 Å². The van der Waals surface area contributed by atoms with Gasteiger partial charge < -0.3 is 9.64 Å². The van der Waals surface area contributed by atoms with Gasteiger partial charge >= 0.3 is 0 Å². The Balaban J connectivity index is 0.000000301. The van der Waals surface area contributed by atoms with Gasteiger partial charge in [-0.3, -0.25) is 14.9 Å². The minimum absolute atomic E-state index is 0.230. The summed E-state index contributed by atoms with van der Waals surface area (Å²) >= 11 is 0. The first-order valence-electron chi connectivity index (χ1n) is 17.7. The van der Waals surface area contributed by atoms with Crippen LogP contribution in [0.2, 0.25) is 0 Å². The van der Waals surface area contributed by atoms with Crippen LogP contribution in [0.1, 0.15) is 126 Å². The predicted molar refractivity (Wildman–Crippen MR) is 196 cm³/mol. The van der Waals surface area contributed by atoms with Crippen molar-refractivity contribution in [3.63, 3.8) is 0 Å². The molecule has 0 saturated carbocycles. The zero-order valence-electron chi connectivity index (χ0n) is 31.7. The first-order valence-corrected chi connectivity index (χ1v) is 17.7. The highest BCUT2D eigenvalue weighted by Crippen LogP contribution is 2.22. The van der Waals surface area contributed by atoms with E-state index in [2.05, 4.69) is 115 Å². The molecule has 0 unspecified atom stereocenters. The van der Waals surface area contributed by atoms with Gasteiger partial charge in [0.1, 0.15) is 0 Å². The second-order valence-electron chi connectivity index (χ2n) is 17.6. The average Bonchev–Trinajstić information content (AvgIpc) is 2.96. The van der Waals surface area contributed by atoms with Crippen molar-refractivity contribution >= 4 is 0 Å². The predicted octanol–water partition coefficient (Wildman–Crippen LogP) is 9.71. The van der Waals surface area contributed by atoms with E-state index < -0.39 is 0 Å². The first-order chi connectivity index (χ1) is 20.8. The van der Waals surface area contributed by atoms with Gasteiger partial charge in [0.05, 0.1) is 13.2 Å². The van der Waals surface area contributed by atoms with Crippen LogP contribution in [0, 0.1) is 16.2 Å². The fourth-order valence-electron chi connectivity index (χ4n) is 4.92. The topological polar surface area (TPSA) is 41.5 Å². The van der Waals surface area contributed by atoms with Crippen molar-refractivity contribution in [1.29, 1.82) is 0 Å². The molecule has 0 aliphatic carbocycles. The van der Waals surface area contributed by atoms with Crippen molar-refractivity contribution in [2.45, 2.75) is 127 Å². The molecule has 258 valence electrons. The average molecular weight is 625 g/mol. The number of pyridine rings is 2. The molecule has 2 aromatic rings. The monoisotopic (exact) mass is 625 g/mol. The summed E-state index contributed by atoms with van der Waals surface area (Å²) < 4.78 is 5.29. The highest BCUT2D eigenvalue weighted by molar-refractivity contribution is 5.17. The maximum Gasteiger partial charge on any atom is 0.0594 e. The second kappa shape index (κ2) is 20.4. The fourth-order valence-corrected chi connectivity index (χ4v) is 4.92. The number of piperidine rings is 1. The minimum Gasteiger partial charge on any atom is -0.379 e. The highest BCUT2D eigenvalue weighted by Gasteiger charge is 2.16. The van der Waals surface area contributed by atoms with Gasteiger partial charge in [-0.1, -0.05) is 102 Å². The minimum atomic E-state index is 0.230. The number of ether oxygens (including phenoxy) is 1. The quantitative estimate of drug-likeness (QED) is 0.331. The molecular weight excluding hydrogens is 552 g/mol. The van der Waals surface area contributed by atoms with E-state index in [1.165, 1.54) is 69.4 Å². The summed E-state index contributed by atoms with van der Waals surface area (Å²) in [5.74, 6) is 0. The number of rotatable bonds is 5. The Morgan fingerprint density at radius 3 is 1.47 bits per heavy atom. The molecule has 2 saturated heterocycles. The Kier molecular flexibility index (Phi) is 18.7. The molecule has 5 nitrogen and oxygen atoms in total. The third kappa shape index (κ3) is 24.1. The van der Waals surface area contributed by atoms with Crippen molar-refractivity contribution < 1.29 is 4.74 Å². The molecule has 4 rings (SSSR count). The van der Waals surface area contributed by atoms with Gasteiger partial charge in [-0.25, -0.2) is 0 Å². The van der Waals surface area contributed by atoms with E-state index in [1.807, 2.05) is 30.7 Å². The van der Waals surface area contributed by atoms with E-state index in [0.717, 1.165) is 32.7 Å². The Morgan fingerprint density at radius 2 is 1.09 bits per heavy atom. The summed E-state index contributed by atoms with van der Waals surface area (Å²) in [7, 11) is 0. The zero-order chi connectivity index (χ0) is 34.0. The van der Waals surface area contributed by atoms with E-state index in [0.29, 0.717) is 16.2 Å². The van der Waals surface area contributed by atoms with Crippen LogP contribution in [-0.2, 0) is 16.6 Å². The van der Waals surface area contributed by atoms with Crippen molar-refractivity contribution in [3.05, 3.63) is 60.2 Å². The summed E-state index contributed by atoms with van der Waals surface area (Å²) in [5, 5.41) is 0. The zero-order valence-corrected chi connectivity index (χ0v) is 31.7. The highest BCUT2D eigenvalue weighted by atomic mass is 16.5. The molecule has 0 radical (unpaired) electrons. The Morgan fingerprint density at radius 1 is 0.600 bits per heavy atom. The fraction of sp³-hybridized carbons (Fsp3) is 0.750. The molecule has 0 N–H and O–H groups in total. The van der Waals surface area contributed by atoms with Crippen LogP contribution in [0.15, 0.2) is 49.1 Å². The number of nitrogens with zero attached hydrogens (tertiary/aromatic N) is 4. The second-order valence-corrected chi connectivity index (χ2v) is 17.6. The molecule has 0 spiro atoms. The maximum atomic E-state index is 5.29. The number of morpholine rings is 1. The van der Waals surface area contributed by atoms with E-state index in [4.69, 9.17) is 4.74 Å². The molecular formula is C40H72N4O. The Hall–Kier alpha value is -1.82. The third-order valence-corrected chi connectivity index (χ3v) is 7.89. The summed E-state index contributed by atoms with van der Waals surface area (Å²) in [6, 6.07) is 8.19. The van der Waals surface area contributed by atoms with E-state index in [-0.39, 0.29) is 5.41 Å². The van der Waals surface area contributed by atoms with Crippen LogP contribution in [-0.4, -0.2) is 72.3 Å². The largest absolute Gasteiger partial charge is 0.379 e. The SMILES string of the molecule is CC(C)(C)CCN1CCCCC1.CC(C)(C)CCN1CCOCC1.CC(C)(C)Cc1cccnc1.CC(C)(C)c1cccnc1. The van der Waals surface area contributed by atoms with Gasteiger partial charge in [-0.05, 0) is 103 Å². The molecule has 0 amide bonds. The van der Waals surface area contributed by atoms with E-state index >= 15 is 0 Å². The number of aromatic nitrogens is 2. The van der Waals surface area contributed by atoms with Crippen LogP contribution >= 0.6 is 0 Å². The third-order valence-electron chi connectivity index (χ3n) is 7.89. The van der Waals surface area contributed by atoms with Crippen LogP contribution < -0.4 is 0 Å². The van der Waals surface area contributed by atoms with Gasteiger partial charge in [0.15, 0.2) is 0 Å². The molecule has 5 heteroatoms. The summed E-state index contributed by atoms with van der Waals surface area (Å²) in [6.07, 6.45) is 15.5. The normalized spacial score (nSPS) is 16.7. The van der Waals surface area contributed by atoms with Crippen LogP contribution in [0.4, 0.5) is 0 Å². The van der Waals surface area contributed by atoms with Gasteiger partial charge in [-0.2, -0.15) is 0 Å². The number of hydrogen-bond acceptors (Lipinski definition) is 5. The van der Waals surface area contributed by atoms with Crippen LogP contribution in [0.25, 0.3) is 0 Å². The molecule has 0 atom stereocenters. The molecule has 0 bridgehead atoms. The molecule has 2 aliphatic rings. The lowest BCUT2D eigenvalue weighted by atomic mass is 9.88. The number of hydrogen-bond donors (Lipinski definition) is 0. The summed E-state index contributed by atoms with van der Waals surface area (Å²) in [6.45, 7) is 36.5. The Labute approximate surface area is 280 Å². The molecule has 2 fully saturated rings. The standard InChI is InChI=1S/C11H23N.C10H21NO.C10H15N.C9H13N/c1-11(2,3)7-10-12-8-5-4-6-9-12;1-10(2,3)4-5-11-6-8-12-9-7-11;1-10(2,3)7-9-5-4-6-11-8-9;1-9(2,3)8-5-4-6-10-7-8/h4-10H2,1-3H3;4-9H2,1-3H3;4-6,8H,7H2,1-3H3;4-7H,1-3H3. The van der Waals surface area contributed by atoms with Crippen molar-refractivity contribution in [3.8, 4) is 0 Å². The lowest BCUT2D eigenvalue weighted by molar-refractivity contribution is 0.0333. The maximum absolute atomic E-state index is 5.29. The summed E-state index contributed by atoms with van der Waals surface area (Å²) in [5.41, 5.74) is 4.18. The van der Waals surface area contributed by atoms with E-state index in [1.54, 1.807) is 6.20 Å². The van der Waals surface area contributed by atoms with Crippen molar-refractivity contribution in [2.75, 3.05) is 52.5 Å². The van der Waals surface area contributed by atoms with Crippen molar-refractivity contribution in [1.82, 2.24) is 19.8 Å². The Bertz CT molecular complexity index is 937. The first kappa shape index (κ1) is 41.2. The summed E-state index contributed by atoms with van der Waals surface area (Å²) in [4.78, 5) is 13.2. The molecule has 45 heavy (non-hydrogen) atoms. The van der Waals surface area contributed by atoms with Gasteiger partial charge in [0.25, 0.3) is 0 Å². The smallest absolute Gasteiger partial charge is 0.0594 e. The lowest BCUT2D eigenvalue weighted by Gasteiger charge is -2.29. The molecule has 2 aliphatic heterocycles. The lowest BCUT2D eigenvalue weighted by Crippen LogP contribution is -2.37. The molecule has 2 aromatic heterocycles. The molecule has 0 aromatic carbocycles. The van der Waals surface area contributed by atoms with Gasteiger partial charge in [0.2, 0.25) is 0 Å². The van der Waals surface area contributed by atoms with Gasteiger partial charge in [-0.15, -0.1) is 0 Å². The van der Waals surface area contributed by atoms with Crippen LogP contribution in [0.3, 0.4) is 0 Å². The van der Waals surface area contributed by atoms with Gasteiger partial charge in [0, 0.05) is 37.9 Å². The van der Waals surface area contributed by atoms with Crippen molar-refractivity contribution in [2.24, 2.45) is 16.2 Å². The molecule has 4 heterocycles. The van der Waals surface area contributed by atoms with Crippen LogP contribution in [0.5, 0.6) is 0 Å². The number of likely N-dealkylation sites (tertiary alicyclic amines) is 1.